The number of hydrogen-bond donors (Lipinski definition) is 4. The van der Waals surface area contributed by atoms with Crippen LogP contribution >= 0.6 is 8.18 Å². The minimum Gasteiger partial charge on any atom is -0.462 e. The molecule has 0 amide bonds. The first kappa shape index (κ1) is 25.9. The molecule has 0 aliphatic rings. The highest BCUT2D eigenvalue weighted by molar-refractivity contribution is 7.36. The van der Waals surface area contributed by atoms with Gasteiger partial charge in [0.1, 0.15) is 18.4 Å². The maximum Gasteiger partial charge on any atom is 0.323 e. The van der Waals surface area contributed by atoms with Gasteiger partial charge in [-0.15, -0.1) is 0 Å². The normalized spacial score (nSPS) is 16.5. The van der Waals surface area contributed by atoms with Crippen molar-refractivity contribution in [1.29, 1.82) is 0 Å². The predicted octanol–water partition coefficient (Wildman–Crippen LogP) is 1.07. The summed E-state index contributed by atoms with van der Waals surface area (Å²) in [6, 6.07) is -0.808. The molecule has 0 aliphatic carbocycles. The number of anilines is 2. The van der Waals surface area contributed by atoms with E-state index in [0.717, 1.165) is 0 Å². The molecule has 2 aromatic rings. The smallest absolute Gasteiger partial charge is 0.323 e. The Bertz CT molecular complexity index is 938. The fourth-order valence-corrected chi connectivity index (χ4v) is 3.62. The molecule has 180 valence electrons. The van der Waals surface area contributed by atoms with Crippen molar-refractivity contribution in [2.75, 3.05) is 24.7 Å². The molecule has 14 heteroatoms. The van der Waals surface area contributed by atoms with Crippen molar-refractivity contribution in [1.82, 2.24) is 24.6 Å². The van der Waals surface area contributed by atoms with Crippen LogP contribution in [0.1, 0.15) is 40.8 Å². The number of nitrogens with two attached hydrogens (primary N) is 1. The molecular formula is C18H32N7O6P. The van der Waals surface area contributed by atoms with Crippen LogP contribution in [0.3, 0.4) is 0 Å². The van der Waals surface area contributed by atoms with E-state index in [0.29, 0.717) is 17.0 Å². The van der Waals surface area contributed by atoms with Crippen molar-refractivity contribution in [3.05, 3.63) is 6.33 Å². The Kier molecular flexibility index (Phi) is 9.34. The summed E-state index contributed by atoms with van der Waals surface area (Å²) in [6.07, 6.45) is -1.13. The first-order chi connectivity index (χ1) is 15.0. The molecule has 0 aliphatic heterocycles. The molecule has 0 radical (unpaired) electrons. The zero-order valence-electron chi connectivity index (χ0n) is 19.0. The Balaban J connectivity index is 2.02. The van der Waals surface area contributed by atoms with Gasteiger partial charge in [0.25, 0.3) is 8.18 Å². The minimum atomic E-state index is -2.79. The number of nitrogens with zero attached hydrogens (tertiary/aromatic N) is 4. The number of imidazole rings is 1. The summed E-state index contributed by atoms with van der Waals surface area (Å²) in [5, 5.41) is 15.6. The van der Waals surface area contributed by atoms with Crippen molar-refractivity contribution < 1.29 is 28.5 Å². The SMILES string of the molecule is CNc1nc(N)nc2c1ncn2[C@@H](C)O[C@H](CO[PH](=O)N[C@@H](C)C(=O)OC(C)C)[C@H](C)O. The molecule has 2 rings (SSSR count). The molecule has 2 aromatic heterocycles. The van der Waals surface area contributed by atoms with Gasteiger partial charge in [0, 0.05) is 7.05 Å². The average molecular weight is 473 g/mol. The summed E-state index contributed by atoms with van der Waals surface area (Å²) in [5.74, 6) is 0.0118. The van der Waals surface area contributed by atoms with Gasteiger partial charge in [-0.1, -0.05) is 0 Å². The Morgan fingerprint density at radius 2 is 1.97 bits per heavy atom. The molecule has 13 nitrogen and oxygen atoms in total. The lowest BCUT2D eigenvalue weighted by molar-refractivity contribution is -0.149. The van der Waals surface area contributed by atoms with E-state index in [1.54, 1.807) is 32.4 Å². The maximum atomic E-state index is 12.2. The van der Waals surface area contributed by atoms with Crippen LogP contribution in [0.5, 0.6) is 0 Å². The minimum absolute atomic E-state index is 0.0704. The van der Waals surface area contributed by atoms with E-state index in [1.165, 1.54) is 20.2 Å². The standard InChI is InChI=1S/C18H32N7O6P/c1-9(2)30-17(27)10(3)24-32(28)29-7-13(11(4)26)31-12(5)25-8-21-14-15(20-6)22-18(19)23-16(14)25/h8-13,26,32H,7H2,1-6H3,(H,24,28)(H3,19,20,22,23)/t10-,11-,12+,13+/m0/s1. The van der Waals surface area contributed by atoms with Gasteiger partial charge in [-0.05, 0) is 34.6 Å². The van der Waals surface area contributed by atoms with Crippen LogP contribution in [0.25, 0.3) is 11.2 Å². The fraction of sp³-hybridized carbons (Fsp3) is 0.667. The van der Waals surface area contributed by atoms with Crippen LogP contribution in [0, 0.1) is 0 Å². The average Bonchev–Trinajstić information content (AvgIpc) is 3.13. The molecule has 0 fully saturated rings. The number of ether oxygens (including phenoxy) is 2. The van der Waals surface area contributed by atoms with Crippen LogP contribution in [-0.4, -0.2) is 68.6 Å². The number of nitrogens with one attached hydrogen (secondary N) is 2. The number of fused-ring (bicyclic) bond motifs is 1. The zero-order chi connectivity index (χ0) is 24.0. The first-order valence-corrected chi connectivity index (χ1v) is 11.5. The van der Waals surface area contributed by atoms with Crippen LogP contribution in [-0.2, 0) is 23.4 Å². The summed E-state index contributed by atoms with van der Waals surface area (Å²) < 4.78 is 30.1. The van der Waals surface area contributed by atoms with Gasteiger partial charge in [0.05, 0.1) is 25.1 Å². The molecule has 1 unspecified atom stereocenters. The number of hydrogen-bond acceptors (Lipinski definition) is 11. The van der Waals surface area contributed by atoms with Crippen molar-refractivity contribution in [3.63, 3.8) is 0 Å². The molecule has 2 heterocycles. The molecule has 0 aromatic carbocycles. The lowest BCUT2D eigenvalue weighted by atomic mass is 10.2. The lowest BCUT2D eigenvalue weighted by Gasteiger charge is -2.25. The van der Waals surface area contributed by atoms with Gasteiger partial charge in [-0.2, -0.15) is 9.97 Å². The van der Waals surface area contributed by atoms with Crippen molar-refractivity contribution in [3.8, 4) is 0 Å². The Hall–Kier alpha value is -2.31. The summed E-state index contributed by atoms with van der Waals surface area (Å²) in [6.45, 7) is 8.06. The van der Waals surface area contributed by atoms with Gasteiger partial charge in [-0.3, -0.25) is 13.9 Å². The third-order valence-electron chi connectivity index (χ3n) is 4.40. The molecule has 0 spiro atoms. The molecule has 0 saturated heterocycles. The van der Waals surface area contributed by atoms with Crippen LogP contribution in [0.15, 0.2) is 6.33 Å². The maximum absolute atomic E-state index is 12.2. The molecule has 5 atom stereocenters. The molecule has 32 heavy (non-hydrogen) atoms. The number of carbonyl (C=O) groups is 1. The topological polar surface area (TPSA) is 176 Å². The highest BCUT2D eigenvalue weighted by atomic mass is 31.1. The third-order valence-corrected chi connectivity index (χ3v) is 5.49. The van der Waals surface area contributed by atoms with Gasteiger partial charge >= 0.3 is 5.97 Å². The highest BCUT2D eigenvalue weighted by Crippen LogP contribution is 2.25. The monoisotopic (exact) mass is 473 g/mol. The molecule has 5 N–H and O–H groups in total. The van der Waals surface area contributed by atoms with Crippen LogP contribution < -0.4 is 16.1 Å². The van der Waals surface area contributed by atoms with Gasteiger partial charge in [0.15, 0.2) is 17.0 Å². The Morgan fingerprint density at radius 3 is 2.56 bits per heavy atom. The van der Waals surface area contributed by atoms with Gasteiger partial charge in [0.2, 0.25) is 5.95 Å². The van der Waals surface area contributed by atoms with E-state index in [9.17, 15) is 14.5 Å². The first-order valence-electron chi connectivity index (χ1n) is 10.2. The molecular weight excluding hydrogens is 441 g/mol. The number of nitrogen functional groups attached to an aromatic ring is 1. The lowest BCUT2D eigenvalue weighted by Crippen LogP contribution is -2.35. The van der Waals surface area contributed by atoms with Gasteiger partial charge in [-0.25, -0.2) is 10.1 Å². The van der Waals surface area contributed by atoms with E-state index in [1.807, 2.05) is 0 Å². The van der Waals surface area contributed by atoms with Crippen molar-refractivity contribution >= 4 is 37.1 Å². The second kappa shape index (κ2) is 11.5. The van der Waals surface area contributed by atoms with E-state index in [4.69, 9.17) is 19.7 Å². The summed E-state index contributed by atoms with van der Waals surface area (Å²) in [7, 11) is -1.10. The van der Waals surface area contributed by atoms with Crippen LogP contribution in [0.2, 0.25) is 0 Å². The third kappa shape index (κ3) is 6.84. The number of esters is 1. The number of aromatic nitrogens is 4. The van der Waals surface area contributed by atoms with E-state index in [-0.39, 0.29) is 18.7 Å². The number of aliphatic hydroxyl groups excluding tert-OH is 1. The van der Waals surface area contributed by atoms with E-state index in [2.05, 4.69) is 25.4 Å². The van der Waals surface area contributed by atoms with E-state index < -0.39 is 38.6 Å². The van der Waals surface area contributed by atoms with Crippen molar-refractivity contribution in [2.45, 2.75) is 65.2 Å². The molecule has 0 bridgehead atoms. The molecule has 0 saturated carbocycles. The number of aliphatic hydroxyl groups is 1. The van der Waals surface area contributed by atoms with Crippen LogP contribution in [0.4, 0.5) is 11.8 Å². The van der Waals surface area contributed by atoms with Gasteiger partial charge < -0.3 is 30.2 Å². The quantitative estimate of drug-likeness (QED) is 0.255. The Labute approximate surface area is 187 Å². The summed E-state index contributed by atoms with van der Waals surface area (Å²) in [5.41, 5.74) is 6.73. The highest BCUT2D eigenvalue weighted by Gasteiger charge is 2.24. The number of rotatable bonds is 12. The zero-order valence-corrected chi connectivity index (χ0v) is 20.0. The second-order valence-electron chi connectivity index (χ2n) is 7.47. The number of carbonyl (C=O) groups excluding carboxylic acids is 1. The van der Waals surface area contributed by atoms with E-state index >= 15 is 0 Å². The second-order valence-corrected chi connectivity index (χ2v) is 8.62. The predicted molar refractivity (Wildman–Crippen MR) is 119 cm³/mol. The summed E-state index contributed by atoms with van der Waals surface area (Å²) >= 11 is 0. The van der Waals surface area contributed by atoms with Crippen molar-refractivity contribution in [2.24, 2.45) is 0 Å². The fourth-order valence-electron chi connectivity index (χ4n) is 2.75. The largest absolute Gasteiger partial charge is 0.462 e. The Morgan fingerprint density at radius 1 is 1.28 bits per heavy atom. The summed E-state index contributed by atoms with van der Waals surface area (Å²) in [4.78, 5) is 24.4.